The Morgan fingerprint density at radius 3 is 1.72 bits per heavy atom. The SMILES string of the molecule is C/C=C/c1ccc(-c2ccc(-c3ccc(/C=C/C4CCC(C5CO5)C(F)=C4F)cc3)c(F)c2F)cc1. The third kappa shape index (κ3) is 4.93. The molecule has 1 nitrogen and oxygen atoms in total. The molecule has 5 rings (SSSR count). The molecule has 0 N–H and O–H groups in total. The molecule has 184 valence electrons. The Morgan fingerprint density at radius 2 is 1.22 bits per heavy atom. The van der Waals surface area contributed by atoms with Gasteiger partial charge in [0.25, 0.3) is 0 Å². The van der Waals surface area contributed by atoms with E-state index in [1.54, 1.807) is 60.7 Å². The number of allylic oxidation sites excluding steroid dienone is 3. The molecule has 1 heterocycles. The minimum absolute atomic E-state index is 0.161. The standard InChI is InChI=1S/C31H26F4O/c1-2-3-19-4-9-21(10-5-19)24-16-17-25(30(34)29(24)33)22-11-6-20(7-12-22)8-13-23-14-15-26(27-18-36-27)31(35)28(23)32/h2-13,16-17,23,26-27H,14-15,18H2,1H3/b3-2+,13-8+. The molecular formula is C31H26F4O. The second-order valence-corrected chi connectivity index (χ2v) is 9.25. The molecule has 1 aliphatic heterocycles. The van der Waals surface area contributed by atoms with Crippen molar-refractivity contribution >= 4 is 12.2 Å². The van der Waals surface area contributed by atoms with E-state index in [2.05, 4.69) is 0 Å². The Hall–Kier alpha value is -3.44. The van der Waals surface area contributed by atoms with Gasteiger partial charge in [0, 0.05) is 23.0 Å². The van der Waals surface area contributed by atoms with E-state index in [0.29, 0.717) is 30.6 Å². The molecular weight excluding hydrogens is 464 g/mol. The van der Waals surface area contributed by atoms with Crippen LogP contribution in [0.5, 0.6) is 0 Å². The number of hydrogen-bond acceptors (Lipinski definition) is 1. The number of hydrogen-bond donors (Lipinski definition) is 0. The van der Waals surface area contributed by atoms with E-state index in [1.807, 2.05) is 31.2 Å². The lowest BCUT2D eigenvalue weighted by molar-refractivity contribution is 0.261. The molecule has 0 spiro atoms. The maximum absolute atomic E-state index is 15.0. The first-order valence-electron chi connectivity index (χ1n) is 12.1. The molecule has 0 amide bonds. The van der Waals surface area contributed by atoms with Crippen molar-refractivity contribution in [2.75, 3.05) is 6.61 Å². The van der Waals surface area contributed by atoms with Crippen LogP contribution in [-0.2, 0) is 4.74 Å². The summed E-state index contributed by atoms with van der Waals surface area (Å²) in [5, 5.41) is 0. The van der Waals surface area contributed by atoms with E-state index < -0.39 is 35.1 Å². The Morgan fingerprint density at radius 1 is 0.694 bits per heavy atom. The summed E-state index contributed by atoms with van der Waals surface area (Å²) < 4.78 is 63.9. The molecule has 36 heavy (non-hydrogen) atoms. The lowest BCUT2D eigenvalue weighted by Crippen LogP contribution is -2.19. The summed E-state index contributed by atoms with van der Waals surface area (Å²) in [6.07, 6.45) is 8.12. The minimum atomic E-state index is -0.910. The fourth-order valence-electron chi connectivity index (χ4n) is 4.75. The summed E-state index contributed by atoms with van der Waals surface area (Å²) in [6.45, 7) is 2.41. The van der Waals surface area contributed by atoms with Crippen LogP contribution in [0, 0.1) is 23.5 Å². The highest BCUT2D eigenvalue weighted by atomic mass is 19.2. The van der Waals surface area contributed by atoms with Crippen LogP contribution in [0.25, 0.3) is 34.4 Å². The fraction of sp³-hybridized carbons (Fsp3) is 0.226. The summed E-state index contributed by atoms with van der Waals surface area (Å²) in [5.41, 5.74) is 3.24. The smallest absolute Gasteiger partial charge is 0.167 e. The number of halogens is 4. The predicted octanol–water partition coefficient (Wildman–Crippen LogP) is 8.92. The van der Waals surface area contributed by atoms with E-state index in [0.717, 1.165) is 11.1 Å². The summed E-state index contributed by atoms with van der Waals surface area (Å²) >= 11 is 0. The van der Waals surface area contributed by atoms with Crippen LogP contribution in [0.3, 0.4) is 0 Å². The molecule has 2 aliphatic rings. The summed E-state index contributed by atoms with van der Waals surface area (Å²) in [5.74, 6) is -4.29. The molecule has 0 aromatic heterocycles. The van der Waals surface area contributed by atoms with Gasteiger partial charge in [-0.05, 0) is 42.0 Å². The molecule has 1 aliphatic carbocycles. The van der Waals surface area contributed by atoms with Crippen LogP contribution in [0.1, 0.15) is 30.9 Å². The first-order valence-corrected chi connectivity index (χ1v) is 12.1. The van der Waals surface area contributed by atoms with Crippen LogP contribution in [-0.4, -0.2) is 12.7 Å². The second kappa shape index (κ2) is 10.3. The van der Waals surface area contributed by atoms with Crippen molar-refractivity contribution in [1.29, 1.82) is 0 Å². The summed E-state index contributed by atoms with van der Waals surface area (Å²) in [4.78, 5) is 0. The van der Waals surface area contributed by atoms with Crippen LogP contribution >= 0.6 is 0 Å². The van der Waals surface area contributed by atoms with Crippen molar-refractivity contribution in [3.63, 3.8) is 0 Å². The fourth-order valence-corrected chi connectivity index (χ4v) is 4.75. The summed E-state index contributed by atoms with van der Waals surface area (Å²) in [6, 6.07) is 17.3. The normalized spacial score (nSPS) is 22.1. The van der Waals surface area contributed by atoms with E-state index in [1.165, 1.54) is 0 Å². The van der Waals surface area contributed by atoms with Gasteiger partial charge < -0.3 is 4.74 Å². The maximum atomic E-state index is 15.0. The maximum Gasteiger partial charge on any atom is 0.167 e. The van der Waals surface area contributed by atoms with Crippen LogP contribution in [0.2, 0.25) is 0 Å². The quantitative estimate of drug-likeness (QED) is 0.248. The summed E-state index contributed by atoms with van der Waals surface area (Å²) in [7, 11) is 0. The lowest BCUT2D eigenvalue weighted by Gasteiger charge is -2.23. The van der Waals surface area contributed by atoms with Gasteiger partial charge in [-0.15, -0.1) is 0 Å². The van der Waals surface area contributed by atoms with Crippen molar-refractivity contribution < 1.29 is 22.3 Å². The predicted molar refractivity (Wildman–Crippen MR) is 136 cm³/mol. The molecule has 3 atom stereocenters. The zero-order chi connectivity index (χ0) is 25.2. The molecule has 3 unspecified atom stereocenters. The molecule has 1 fully saturated rings. The van der Waals surface area contributed by atoms with Gasteiger partial charge in [-0.3, -0.25) is 0 Å². The average molecular weight is 491 g/mol. The highest BCUT2D eigenvalue weighted by molar-refractivity contribution is 5.73. The van der Waals surface area contributed by atoms with Crippen molar-refractivity contribution in [2.24, 2.45) is 11.8 Å². The topological polar surface area (TPSA) is 12.5 Å². The largest absolute Gasteiger partial charge is 0.372 e. The monoisotopic (exact) mass is 490 g/mol. The second-order valence-electron chi connectivity index (χ2n) is 9.25. The first kappa shape index (κ1) is 24.3. The Kier molecular flexibility index (Phi) is 6.92. The number of ether oxygens (including phenoxy) is 1. The molecule has 1 saturated heterocycles. The van der Waals surface area contributed by atoms with Gasteiger partial charge in [-0.25, -0.2) is 17.6 Å². The van der Waals surface area contributed by atoms with E-state index in [-0.39, 0.29) is 17.2 Å². The lowest BCUT2D eigenvalue weighted by atomic mass is 9.84. The van der Waals surface area contributed by atoms with Gasteiger partial charge >= 0.3 is 0 Å². The highest BCUT2D eigenvalue weighted by Gasteiger charge is 2.40. The zero-order valence-corrected chi connectivity index (χ0v) is 19.9. The Bertz CT molecular complexity index is 1330. The van der Waals surface area contributed by atoms with Crippen LogP contribution in [0.15, 0.2) is 84.5 Å². The average Bonchev–Trinajstić information content (AvgIpc) is 3.73. The van der Waals surface area contributed by atoms with Crippen molar-refractivity contribution in [1.82, 2.24) is 0 Å². The van der Waals surface area contributed by atoms with E-state index in [9.17, 15) is 13.2 Å². The van der Waals surface area contributed by atoms with Gasteiger partial charge in [0.15, 0.2) is 11.6 Å². The molecule has 3 aromatic carbocycles. The zero-order valence-electron chi connectivity index (χ0n) is 19.9. The highest BCUT2D eigenvalue weighted by Crippen LogP contribution is 2.42. The Labute approximate surface area is 208 Å². The van der Waals surface area contributed by atoms with Gasteiger partial charge in [0.1, 0.15) is 11.7 Å². The Balaban J connectivity index is 1.32. The number of benzene rings is 3. The third-order valence-electron chi connectivity index (χ3n) is 6.88. The van der Waals surface area contributed by atoms with Crippen molar-refractivity contribution in [2.45, 2.75) is 25.9 Å². The number of rotatable bonds is 6. The third-order valence-corrected chi connectivity index (χ3v) is 6.88. The minimum Gasteiger partial charge on any atom is -0.372 e. The molecule has 0 bridgehead atoms. The van der Waals surface area contributed by atoms with Crippen molar-refractivity contribution in [3.8, 4) is 22.3 Å². The van der Waals surface area contributed by atoms with E-state index in [4.69, 9.17) is 4.74 Å². The first-order chi connectivity index (χ1) is 17.5. The molecule has 0 radical (unpaired) electrons. The van der Waals surface area contributed by atoms with E-state index >= 15 is 4.39 Å². The van der Waals surface area contributed by atoms with Gasteiger partial charge in [0.05, 0.1) is 12.7 Å². The van der Waals surface area contributed by atoms with Gasteiger partial charge in [-0.1, -0.05) is 85.0 Å². The van der Waals surface area contributed by atoms with Gasteiger partial charge in [-0.2, -0.15) is 0 Å². The number of epoxide rings is 1. The molecule has 5 heteroatoms. The van der Waals surface area contributed by atoms with Crippen LogP contribution in [0.4, 0.5) is 17.6 Å². The van der Waals surface area contributed by atoms with Gasteiger partial charge in [0.2, 0.25) is 0 Å². The van der Waals surface area contributed by atoms with Crippen LogP contribution < -0.4 is 0 Å². The molecule has 3 aromatic rings. The van der Waals surface area contributed by atoms with Crippen molar-refractivity contribution in [3.05, 3.63) is 107 Å². The molecule has 0 saturated carbocycles.